The van der Waals surface area contributed by atoms with E-state index in [4.69, 9.17) is 11.5 Å². The van der Waals surface area contributed by atoms with Gasteiger partial charge in [0, 0.05) is 24.4 Å². The summed E-state index contributed by atoms with van der Waals surface area (Å²) in [5.74, 6) is 1.53. The Morgan fingerprint density at radius 3 is 2.73 bits per heavy atom. The van der Waals surface area contributed by atoms with Gasteiger partial charge in [0.25, 0.3) is 5.82 Å². The van der Waals surface area contributed by atoms with Gasteiger partial charge in [-0.3, -0.25) is 0 Å². The van der Waals surface area contributed by atoms with Crippen LogP contribution < -0.4 is 16.1 Å². The molecule has 0 amide bonds. The van der Waals surface area contributed by atoms with Crippen LogP contribution in [-0.2, 0) is 13.6 Å². The Morgan fingerprint density at radius 1 is 1.53 bits per heavy atom. The Labute approximate surface area is 87.5 Å². The molecule has 0 atom stereocenters. The van der Waals surface area contributed by atoms with Crippen LogP contribution in [0.3, 0.4) is 0 Å². The Hall–Kier alpha value is -1.82. The number of aromatic amines is 1. The average molecular weight is 207 g/mol. The van der Waals surface area contributed by atoms with Crippen LogP contribution in [0.1, 0.15) is 11.4 Å². The number of nitrogen functional groups attached to an aromatic ring is 1. The molecule has 0 saturated carbocycles. The van der Waals surface area contributed by atoms with Crippen LogP contribution in [0.5, 0.6) is 0 Å². The molecule has 0 unspecified atom stereocenters. The SMILES string of the molecule is Cc1cc(N)[n+](-c2cc(CN)nn2C)[nH]1. The van der Waals surface area contributed by atoms with Crippen LogP contribution in [0, 0.1) is 6.92 Å². The first-order chi connectivity index (χ1) is 7.11. The van der Waals surface area contributed by atoms with Crippen molar-refractivity contribution >= 4 is 5.82 Å². The molecule has 0 fully saturated rings. The monoisotopic (exact) mass is 207 g/mol. The zero-order chi connectivity index (χ0) is 11.0. The molecule has 0 bridgehead atoms. The molecular formula is C9H15N6+. The van der Waals surface area contributed by atoms with E-state index in [9.17, 15) is 0 Å². The molecule has 0 aliphatic carbocycles. The number of rotatable bonds is 2. The Kier molecular flexibility index (Phi) is 2.20. The van der Waals surface area contributed by atoms with E-state index in [1.807, 2.05) is 26.1 Å². The standard InChI is InChI=1S/C9H14N6/c1-6-3-8(11)15(12-6)9-4-7(5-10)13-14(9)2/h3-4H,5,10H2,1-2H3,(H2,11,12)/p+1. The number of nitrogens with two attached hydrogens (primary N) is 2. The van der Waals surface area contributed by atoms with Gasteiger partial charge in [-0.1, -0.05) is 0 Å². The first-order valence-corrected chi connectivity index (χ1v) is 4.72. The molecule has 5 N–H and O–H groups in total. The van der Waals surface area contributed by atoms with Crippen molar-refractivity contribution in [3.8, 4) is 5.82 Å². The third-order valence-electron chi connectivity index (χ3n) is 2.25. The molecule has 0 saturated heterocycles. The molecule has 0 spiro atoms. The van der Waals surface area contributed by atoms with Gasteiger partial charge in [0.2, 0.25) is 5.82 Å². The van der Waals surface area contributed by atoms with Crippen LogP contribution in [0.15, 0.2) is 12.1 Å². The zero-order valence-corrected chi connectivity index (χ0v) is 8.86. The fourth-order valence-corrected chi connectivity index (χ4v) is 1.57. The van der Waals surface area contributed by atoms with E-state index >= 15 is 0 Å². The predicted octanol–water partition coefficient (Wildman–Crippen LogP) is -0.626. The number of anilines is 1. The highest BCUT2D eigenvalue weighted by molar-refractivity contribution is 5.26. The first-order valence-electron chi connectivity index (χ1n) is 4.72. The molecule has 0 radical (unpaired) electrons. The van der Waals surface area contributed by atoms with E-state index in [2.05, 4.69) is 10.2 Å². The molecule has 0 aromatic carbocycles. The minimum Gasteiger partial charge on any atom is -0.325 e. The molecule has 2 aromatic heterocycles. The number of hydrogen-bond acceptors (Lipinski definition) is 3. The van der Waals surface area contributed by atoms with Gasteiger partial charge >= 0.3 is 0 Å². The minimum atomic E-state index is 0.425. The molecule has 6 nitrogen and oxygen atoms in total. The highest BCUT2D eigenvalue weighted by atomic mass is 15.4. The summed E-state index contributed by atoms with van der Waals surface area (Å²) in [6, 6.07) is 3.78. The first kappa shape index (κ1) is 9.72. The van der Waals surface area contributed by atoms with Crippen LogP contribution in [0.2, 0.25) is 0 Å². The largest absolute Gasteiger partial charge is 0.325 e. The third kappa shape index (κ3) is 1.59. The van der Waals surface area contributed by atoms with E-state index in [1.165, 1.54) is 0 Å². The molecule has 80 valence electrons. The molecular weight excluding hydrogens is 192 g/mol. The van der Waals surface area contributed by atoms with E-state index in [-0.39, 0.29) is 0 Å². The van der Waals surface area contributed by atoms with Gasteiger partial charge in [-0.2, -0.15) is 4.68 Å². The second-order valence-electron chi connectivity index (χ2n) is 3.52. The fraction of sp³-hybridized carbons (Fsp3) is 0.333. The summed E-state index contributed by atoms with van der Waals surface area (Å²) < 4.78 is 3.52. The lowest BCUT2D eigenvalue weighted by molar-refractivity contribution is -0.646. The summed E-state index contributed by atoms with van der Waals surface area (Å²) >= 11 is 0. The fourth-order valence-electron chi connectivity index (χ4n) is 1.57. The highest BCUT2D eigenvalue weighted by Crippen LogP contribution is 2.05. The van der Waals surface area contributed by atoms with E-state index in [1.54, 1.807) is 9.36 Å². The van der Waals surface area contributed by atoms with Gasteiger partial charge in [-0.05, 0) is 6.92 Å². The van der Waals surface area contributed by atoms with Gasteiger partial charge in [0.15, 0.2) is 0 Å². The number of H-pyrrole nitrogens is 1. The molecule has 2 rings (SSSR count). The van der Waals surface area contributed by atoms with Gasteiger partial charge in [-0.15, -0.1) is 9.78 Å². The maximum absolute atomic E-state index is 5.85. The Morgan fingerprint density at radius 2 is 2.27 bits per heavy atom. The van der Waals surface area contributed by atoms with Crippen molar-refractivity contribution in [1.29, 1.82) is 0 Å². The normalized spacial score (nSPS) is 10.9. The van der Waals surface area contributed by atoms with E-state index in [0.29, 0.717) is 12.4 Å². The lowest BCUT2D eigenvalue weighted by atomic mass is 10.4. The van der Waals surface area contributed by atoms with Gasteiger partial charge in [-0.25, -0.2) is 5.10 Å². The molecule has 15 heavy (non-hydrogen) atoms. The van der Waals surface area contributed by atoms with Crippen molar-refractivity contribution in [1.82, 2.24) is 14.9 Å². The molecule has 6 heteroatoms. The average Bonchev–Trinajstić information content (AvgIpc) is 2.69. The van der Waals surface area contributed by atoms with Crippen LogP contribution in [0.4, 0.5) is 5.82 Å². The Balaban J connectivity index is 2.53. The second kappa shape index (κ2) is 3.39. The minimum absolute atomic E-state index is 0.425. The number of aromatic nitrogens is 4. The van der Waals surface area contributed by atoms with Crippen LogP contribution >= 0.6 is 0 Å². The smallest absolute Gasteiger partial charge is 0.271 e. The van der Waals surface area contributed by atoms with Gasteiger partial charge < -0.3 is 11.5 Å². The van der Waals surface area contributed by atoms with Crippen molar-refractivity contribution in [2.45, 2.75) is 13.5 Å². The second-order valence-corrected chi connectivity index (χ2v) is 3.52. The zero-order valence-electron chi connectivity index (χ0n) is 8.86. The van der Waals surface area contributed by atoms with Crippen LogP contribution in [-0.4, -0.2) is 14.9 Å². The van der Waals surface area contributed by atoms with Gasteiger partial charge in [0.05, 0.1) is 12.7 Å². The van der Waals surface area contributed by atoms with E-state index < -0.39 is 0 Å². The molecule has 0 aliphatic rings. The molecule has 2 aromatic rings. The number of nitrogens with zero attached hydrogens (tertiary/aromatic N) is 3. The van der Waals surface area contributed by atoms with Crippen molar-refractivity contribution < 1.29 is 4.68 Å². The number of hydrogen-bond donors (Lipinski definition) is 3. The van der Waals surface area contributed by atoms with Crippen molar-refractivity contribution in [3.63, 3.8) is 0 Å². The number of nitrogens with one attached hydrogen (secondary N) is 1. The quantitative estimate of drug-likeness (QED) is 0.573. The summed E-state index contributed by atoms with van der Waals surface area (Å²) in [7, 11) is 1.86. The summed E-state index contributed by atoms with van der Waals surface area (Å²) in [6.45, 7) is 2.38. The van der Waals surface area contributed by atoms with E-state index in [0.717, 1.165) is 17.2 Å². The topological polar surface area (TPSA) is 89.5 Å². The lowest BCUT2D eigenvalue weighted by Crippen LogP contribution is -2.37. The van der Waals surface area contributed by atoms with Gasteiger partial charge in [0.1, 0.15) is 0 Å². The maximum atomic E-state index is 5.85. The van der Waals surface area contributed by atoms with Crippen molar-refractivity contribution in [2.24, 2.45) is 12.8 Å². The molecule has 0 aliphatic heterocycles. The highest BCUT2D eigenvalue weighted by Gasteiger charge is 2.16. The summed E-state index contributed by atoms with van der Waals surface area (Å²) in [5, 5.41) is 7.38. The summed E-state index contributed by atoms with van der Waals surface area (Å²) in [6.07, 6.45) is 0. The maximum Gasteiger partial charge on any atom is 0.271 e. The van der Waals surface area contributed by atoms with Crippen molar-refractivity contribution in [2.75, 3.05) is 5.73 Å². The van der Waals surface area contributed by atoms with Crippen molar-refractivity contribution in [3.05, 3.63) is 23.5 Å². The Bertz CT molecular complexity index is 481. The number of aryl methyl sites for hydroxylation is 2. The molecule has 2 heterocycles. The third-order valence-corrected chi connectivity index (χ3v) is 2.25. The summed E-state index contributed by atoms with van der Waals surface area (Å²) in [5.41, 5.74) is 13.2. The predicted molar refractivity (Wildman–Crippen MR) is 56.1 cm³/mol. The van der Waals surface area contributed by atoms with Crippen LogP contribution in [0.25, 0.3) is 5.82 Å². The lowest BCUT2D eigenvalue weighted by Gasteiger charge is -1.95. The summed E-state index contributed by atoms with van der Waals surface area (Å²) in [4.78, 5) is 0.